The molecule has 0 bridgehead atoms. The average molecular weight is 396 g/mol. The maximum absolute atomic E-state index is 12.2. The van der Waals surface area contributed by atoms with Gasteiger partial charge >= 0.3 is 0 Å². The van der Waals surface area contributed by atoms with Gasteiger partial charge in [0, 0.05) is 18.4 Å². The number of hydrogen-bond acceptors (Lipinski definition) is 5. The van der Waals surface area contributed by atoms with Crippen molar-refractivity contribution in [2.24, 2.45) is 0 Å². The topological polar surface area (TPSA) is 72.7 Å². The van der Waals surface area contributed by atoms with Crippen LogP contribution in [0.5, 0.6) is 0 Å². The first-order valence-corrected chi connectivity index (χ1v) is 11.0. The summed E-state index contributed by atoms with van der Waals surface area (Å²) in [6.07, 6.45) is 9.79. The van der Waals surface area contributed by atoms with Crippen LogP contribution in [-0.4, -0.2) is 31.2 Å². The fourth-order valence-electron chi connectivity index (χ4n) is 3.78. The molecular formula is C21H25N5OS. The van der Waals surface area contributed by atoms with E-state index in [9.17, 15) is 4.79 Å². The zero-order chi connectivity index (χ0) is 19.2. The molecule has 1 N–H and O–H groups in total. The first-order valence-electron chi connectivity index (χ1n) is 9.87. The lowest BCUT2D eigenvalue weighted by molar-refractivity contribution is -0.118. The van der Waals surface area contributed by atoms with Crippen LogP contribution in [0.2, 0.25) is 0 Å². The molecule has 0 aromatic carbocycles. The van der Waals surface area contributed by atoms with Gasteiger partial charge in [-0.15, -0.1) is 11.8 Å². The standard InChI is InChI=1S/C21H25N5OS/c27-20(24-13-16-7-4-5-11-22-16)15-28-14-19-25-18-10-6-12-23-21(18)26(19)17-8-2-1-3-9-17/h4-7,10-12,17H,1-3,8-9,13-15H2,(H,24,27). The van der Waals surface area contributed by atoms with Gasteiger partial charge in [-0.1, -0.05) is 25.3 Å². The Morgan fingerprint density at radius 1 is 1.11 bits per heavy atom. The fourth-order valence-corrected chi connectivity index (χ4v) is 4.55. The molecule has 0 unspecified atom stereocenters. The highest BCUT2D eigenvalue weighted by Gasteiger charge is 2.22. The van der Waals surface area contributed by atoms with Gasteiger partial charge in [-0.25, -0.2) is 9.97 Å². The summed E-state index contributed by atoms with van der Waals surface area (Å²) < 4.78 is 2.33. The highest BCUT2D eigenvalue weighted by atomic mass is 32.2. The largest absolute Gasteiger partial charge is 0.350 e. The van der Waals surface area contributed by atoms with Gasteiger partial charge in [0.1, 0.15) is 11.3 Å². The summed E-state index contributed by atoms with van der Waals surface area (Å²) in [6, 6.07) is 10.1. The number of fused-ring (bicyclic) bond motifs is 1. The van der Waals surface area contributed by atoms with Gasteiger partial charge in [0.05, 0.1) is 23.7 Å². The number of hydrogen-bond donors (Lipinski definition) is 1. The van der Waals surface area contributed by atoms with Crippen LogP contribution in [-0.2, 0) is 17.1 Å². The maximum Gasteiger partial charge on any atom is 0.230 e. The van der Waals surface area contributed by atoms with Crippen molar-refractivity contribution in [3.63, 3.8) is 0 Å². The van der Waals surface area contributed by atoms with Crippen LogP contribution in [0, 0.1) is 0 Å². The second kappa shape index (κ2) is 9.19. The number of nitrogens with one attached hydrogen (secondary N) is 1. The Morgan fingerprint density at radius 3 is 2.79 bits per heavy atom. The summed E-state index contributed by atoms with van der Waals surface area (Å²) in [6.45, 7) is 0.463. The third-order valence-electron chi connectivity index (χ3n) is 5.12. The van der Waals surface area contributed by atoms with Crippen LogP contribution in [0.25, 0.3) is 11.2 Å². The van der Waals surface area contributed by atoms with E-state index < -0.39 is 0 Å². The van der Waals surface area contributed by atoms with Gasteiger partial charge in [0.25, 0.3) is 0 Å². The first kappa shape index (κ1) is 18.9. The van der Waals surface area contributed by atoms with Crippen LogP contribution in [0.15, 0.2) is 42.7 Å². The van der Waals surface area contributed by atoms with Gasteiger partial charge in [0.15, 0.2) is 5.65 Å². The Bertz CT molecular complexity index is 921. The quantitative estimate of drug-likeness (QED) is 0.657. The predicted octanol–water partition coefficient (Wildman–Crippen LogP) is 3.88. The van der Waals surface area contributed by atoms with Crippen molar-refractivity contribution in [1.29, 1.82) is 0 Å². The molecule has 0 radical (unpaired) electrons. The van der Waals surface area contributed by atoms with Crippen LogP contribution >= 0.6 is 11.8 Å². The van der Waals surface area contributed by atoms with Gasteiger partial charge < -0.3 is 9.88 Å². The average Bonchev–Trinajstić information content (AvgIpc) is 3.12. The normalized spacial score (nSPS) is 15.0. The first-order chi connectivity index (χ1) is 13.8. The summed E-state index contributed by atoms with van der Waals surface area (Å²) in [5, 5.41) is 2.93. The molecule has 3 aromatic heterocycles. The molecule has 0 saturated heterocycles. The van der Waals surface area contributed by atoms with E-state index in [1.807, 2.05) is 36.5 Å². The number of carbonyl (C=O) groups excluding carboxylic acids is 1. The van der Waals surface area contributed by atoms with Crippen molar-refractivity contribution in [2.75, 3.05) is 5.75 Å². The van der Waals surface area contributed by atoms with Crippen LogP contribution < -0.4 is 5.32 Å². The second-order valence-corrected chi connectivity index (χ2v) is 8.11. The van der Waals surface area contributed by atoms with Gasteiger partial charge in [-0.2, -0.15) is 0 Å². The highest BCUT2D eigenvalue weighted by molar-refractivity contribution is 7.99. The van der Waals surface area contributed by atoms with E-state index in [-0.39, 0.29) is 5.91 Å². The third kappa shape index (κ3) is 4.52. The molecule has 7 heteroatoms. The Morgan fingerprint density at radius 2 is 1.96 bits per heavy atom. The number of pyridine rings is 2. The van der Waals surface area contributed by atoms with E-state index in [1.165, 1.54) is 32.1 Å². The lowest BCUT2D eigenvalue weighted by Crippen LogP contribution is -2.25. The molecule has 0 spiro atoms. The molecule has 3 heterocycles. The van der Waals surface area contributed by atoms with Crippen molar-refractivity contribution < 1.29 is 4.79 Å². The van der Waals surface area contributed by atoms with E-state index in [2.05, 4.69) is 19.9 Å². The molecule has 1 aliphatic rings. The minimum absolute atomic E-state index is 0.0223. The Labute approximate surface area is 169 Å². The summed E-state index contributed by atoms with van der Waals surface area (Å²) in [5.41, 5.74) is 2.79. The number of amides is 1. The predicted molar refractivity (Wildman–Crippen MR) is 112 cm³/mol. The van der Waals surface area contributed by atoms with Crippen molar-refractivity contribution in [3.05, 3.63) is 54.2 Å². The monoisotopic (exact) mass is 395 g/mol. The molecule has 3 aromatic rings. The molecule has 1 saturated carbocycles. The van der Waals surface area contributed by atoms with E-state index in [4.69, 9.17) is 4.98 Å². The molecule has 1 amide bonds. The summed E-state index contributed by atoms with van der Waals surface area (Å²) in [5.74, 6) is 2.18. The van der Waals surface area contributed by atoms with Gasteiger partial charge in [0.2, 0.25) is 5.91 Å². The van der Waals surface area contributed by atoms with Gasteiger partial charge in [-0.05, 0) is 37.1 Å². The molecule has 0 atom stereocenters. The molecule has 4 rings (SSSR count). The number of carbonyl (C=O) groups is 1. The molecule has 1 aliphatic carbocycles. The summed E-state index contributed by atoms with van der Waals surface area (Å²) in [4.78, 5) is 25.8. The summed E-state index contributed by atoms with van der Waals surface area (Å²) >= 11 is 1.60. The Kier molecular flexibility index (Phi) is 6.21. The number of rotatable bonds is 7. The molecule has 1 fully saturated rings. The maximum atomic E-state index is 12.2. The Balaban J connectivity index is 1.38. The third-order valence-corrected chi connectivity index (χ3v) is 6.05. The smallest absolute Gasteiger partial charge is 0.230 e. The highest BCUT2D eigenvalue weighted by Crippen LogP contribution is 2.32. The van der Waals surface area contributed by atoms with Crippen LogP contribution in [0.4, 0.5) is 0 Å². The fraction of sp³-hybridized carbons (Fsp3) is 0.429. The minimum Gasteiger partial charge on any atom is -0.350 e. The molecule has 6 nitrogen and oxygen atoms in total. The lowest BCUT2D eigenvalue weighted by atomic mass is 9.95. The van der Waals surface area contributed by atoms with Gasteiger partial charge in [-0.3, -0.25) is 9.78 Å². The van der Waals surface area contributed by atoms with E-state index >= 15 is 0 Å². The Hall–Kier alpha value is -2.41. The number of thioether (sulfide) groups is 1. The van der Waals surface area contributed by atoms with Crippen molar-refractivity contribution in [1.82, 2.24) is 24.8 Å². The van der Waals surface area contributed by atoms with E-state index in [1.54, 1.807) is 18.0 Å². The molecule has 28 heavy (non-hydrogen) atoms. The van der Waals surface area contributed by atoms with Crippen molar-refractivity contribution in [3.8, 4) is 0 Å². The SMILES string of the molecule is O=C(CSCc1nc2cccnc2n1C1CCCCC1)NCc1ccccn1. The second-order valence-electron chi connectivity index (χ2n) is 7.13. The number of imidazole rings is 1. The molecule has 146 valence electrons. The zero-order valence-corrected chi connectivity index (χ0v) is 16.7. The number of aromatic nitrogens is 4. The minimum atomic E-state index is 0.0223. The van der Waals surface area contributed by atoms with Crippen LogP contribution in [0.3, 0.4) is 0 Å². The van der Waals surface area contributed by atoms with Crippen molar-refractivity contribution in [2.45, 2.75) is 50.4 Å². The van der Waals surface area contributed by atoms with E-state index in [0.717, 1.165) is 22.7 Å². The molecule has 0 aliphatic heterocycles. The number of nitrogens with zero attached hydrogens (tertiary/aromatic N) is 4. The molecular weight excluding hydrogens is 370 g/mol. The van der Waals surface area contributed by atoms with Crippen molar-refractivity contribution >= 4 is 28.8 Å². The summed E-state index contributed by atoms with van der Waals surface area (Å²) in [7, 11) is 0. The lowest BCUT2D eigenvalue weighted by Gasteiger charge is -2.25. The van der Waals surface area contributed by atoms with Crippen LogP contribution in [0.1, 0.15) is 49.7 Å². The van der Waals surface area contributed by atoms with E-state index in [0.29, 0.717) is 24.1 Å². The zero-order valence-electron chi connectivity index (χ0n) is 15.9.